The number of hydrogen-bond acceptors (Lipinski definition) is 5. The monoisotopic (exact) mass is 409 g/mol. The molecule has 7 heteroatoms. The van der Waals surface area contributed by atoms with Crippen LogP contribution in [0.2, 0.25) is 5.02 Å². The van der Waals surface area contributed by atoms with Crippen LogP contribution in [0.25, 0.3) is 0 Å². The van der Waals surface area contributed by atoms with E-state index in [1.807, 2.05) is 17.0 Å². The number of carbonyl (C=O) groups excluding carboxylic acids is 1. The van der Waals surface area contributed by atoms with Gasteiger partial charge in [-0.05, 0) is 48.7 Å². The molecule has 0 bridgehead atoms. The van der Waals surface area contributed by atoms with Crippen LogP contribution in [0, 0.1) is 0 Å². The summed E-state index contributed by atoms with van der Waals surface area (Å²) < 4.78 is 0. The highest BCUT2D eigenvalue weighted by atomic mass is 35.5. The van der Waals surface area contributed by atoms with Crippen molar-refractivity contribution in [1.29, 1.82) is 0 Å². The summed E-state index contributed by atoms with van der Waals surface area (Å²) in [7, 11) is 0. The van der Waals surface area contributed by atoms with Gasteiger partial charge in [0, 0.05) is 35.9 Å². The van der Waals surface area contributed by atoms with E-state index in [0.29, 0.717) is 34.2 Å². The van der Waals surface area contributed by atoms with Gasteiger partial charge in [0.25, 0.3) is 16.8 Å². The van der Waals surface area contributed by atoms with Crippen LogP contribution < -0.4 is 26.4 Å². The zero-order chi connectivity index (χ0) is 20.4. The number of carbonyl (C=O) groups is 1. The topological polar surface area (TPSA) is 78.5 Å². The number of anilines is 3. The predicted molar refractivity (Wildman–Crippen MR) is 116 cm³/mol. The van der Waals surface area contributed by atoms with Crippen molar-refractivity contribution in [3.63, 3.8) is 0 Å². The normalized spacial score (nSPS) is 13.6. The second-order valence-corrected chi connectivity index (χ2v) is 7.53. The third-order valence-electron chi connectivity index (χ3n) is 5.08. The molecule has 0 aromatic heterocycles. The smallest absolute Gasteiger partial charge is 0.255 e. The van der Waals surface area contributed by atoms with Gasteiger partial charge < -0.3 is 15.5 Å². The molecule has 1 amide bonds. The van der Waals surface area contributed by atoms with Crippen LogP contribution in [0.4, 0.5) is 17.1 Å². The molecular formula is C22H20ClN3O3. The predicted octanol–water partition coefficient (Wildman–Crippen LogP) is 3.40. The molecule has 3 aromatic rings. The van der Waals surface area contributed by atoms with Gasteiger partial charge in [0.1, 0.15) is 11.4 Å². The van der Waals surface area contributed by atoms with E-state index < -0.39 is 10.9 Å². The van der Waals surface area contributed by atoms with E-state index >= 15 is 0 Å². The van der Waals surface area contributed by atoms with Gasteiger partial charge in [0.15, 0.2) is 0 Å². The Bertz CT molecular complexity index is 1110. The molecule has 4 rings (SSSR count). The Balaban J connectivity index is 1.39. The Hall–Kier alpha value is -3.12. The molecule has 1 saturated heterocycles. The lowest BCUT2D eigenvalue weighted by molar-refractivity contribution is 0.102. The average molecular weight is 410 g/mol. The van der Waals surface area contributed by atoms with E-state index in [-0.39, 0.29) is 5.91 Å². The third kappa shape index (κ3) is 4.03. The van der Waals surface area contributed by atoms with Gasteiger partial charge in [-0.15, -0.1) is 0 Å². The molecule has 1 aliphatic heterocycles. The Morgan fingerprint density at radius 2 is 1.72 bits per heavy atom. The van der Waals surface area contributed by atoms with Crippen LogP contribution >= 0.6 is 11.6 Å². The summed E-state index contributed by atoms with van der Waals surface area (Å²) in [5.41, 5.74) is 2.12. The first-order chi connectivity index (χ1) is 14.0. The summed E-state index contributed by atoms with van der Waals surface area (Å²) in [6.07, 6.45) is 2.08. The fraction of sp³-hybridized carbons (Fsp3) is 0.227. The molecule has 148 valence electrons. The van der Waals surface area contributed by atoms with Gasteiger partial charge in [-0.3, -0.25) is 14.4 Å². The van der Waals surface area contributed by atoms with Crippen LogP contribution in [-0.2, 0) is 6.54 Å². The summed E-state index contributed by atoms with van der Waals surface area (Å²) in [5.74, 6) is -0.231. The summed E-state index contributed by atoms with van der Waals surface area (Å²) in [6.45, 7) is 2.04. The number of nitrogens with one attached hydrogen (secondary N) is 2. The molecule has 1 heterocycles. The zero-order valence-electron chi connectivity index (χ0n) is 15.7. The fourth-order valence-electron chi connectivity index (χ4n) is 3.52. The molecular weight excluding hydrogens is 390 g/mol. The van der Waals surface area contributed by atoms with Crippen LogP contribution in [0.15, 0.2) is 58.1 Å². The van der Waals surface area contributed by atoms with E-state index in [2.05, 4.69) is 10.6 Å². The Morgan fingerprint density at radius 3 is 2.41 bits per heavy atom. The maximum absolute atomic E-state index is 12.4. The van der Waals surface area contributed by atoms with Crippen molar-refractivity contribution in [2.75, 3.05) is 28.6 Å². The third-order valence-corrected chi connectivity index (χ3v) is 5.31. The number of rotatable bonds is 6. The largest absolute Gasteiger partial charge is 0.376 e. The van der Waals surface area contributed by atoms with Gasteiger partial charge in [-0.1, -0.05) is 29.8 Å². The van der Waals surface area contributed by atoms with Gasteiger partial charge >= 0.3 is 0 Å². The molecule has 1 fully saturated rings. The molecule has 0 spiro atoms. The number of nitrogens with zero attached hydrogens (tertiary/aromatic N) is 1. The molecule has 0 unspecified atom stereocenters. The molecule has 2 N–H and O–H groups in total. The minimum atomic E-state index is -0.454. The number of halogens is 1. The highest BCUT2D eigenvalue weighted by Crippen LogP contribution is 2.24. The molecule has 0 saturated carbocycles. The highest BCUT2D eigenvalue weighted by Gasteiger charge is 2.27. The molecule has 1 aliphatic rings. The van der Waals surface area contributed by atoms with E-state index in [9.17, 15) is 14.4 Å². The van der Waals surface area contributed by atoms with Crippen molar-refractivity contribution in [1.82, 2.24) is 0 Å². The van der Waals surface area contributed by atoms with Crippen molar-refractivity contribution in [2.45, 2.75) is 19.4 Å². The number of benzene rings is 2. The van der Waals surface area contributed by atoms with Crippen molar-refractivity contribution >= 4 is 34.6 Å². The summed E-state index contributed by atoms with van der Waals surface area (Å²) in [5, 5.41) is 6.44. The lowest BCUT2D eigenvalue weighted by Gasteiger charge is -2.22. The second kappa shape index (κ2) is 8.09. The first-order valence-corrected chi connectivity index (χ1v) is 9.89. The van der Waals surface area contributed by atoms with Gasteiger partial charge in [-0.2, -0.15) is 0 Å². The SMILES string of the molecule is O=C(Nc1cccc(Cl)c1)c1ccc(CNc2c(N3CCCC3)c(=O)c2=O)cc1. The Labute approximate surface area is 172 Å². The van der Waals surface area contributed by atoms with Crippen LogP contribution in [0.1, 0.15) is 28.8 Å². The maximum atomic E-state index is 12.4. The number of hydrogen-bond donors (Lipinski definition) is 2. The summed E-state index contributed by atoms with van der Waals surface area (Å²) in [4.78, 5) is 38.2. The quantitative estimate of drug-likeness (QED) is 0.610. The Kier molecular flexibility index (Phi) is 5.36. The van der Waals surface area contributed by atoms with Crippen molar-refractivity contribution in [3.05, 3.63) is 85.1 Å². The minimum Gasteiger partial charge on any atom is -0.376 e. The van der Waals surface area contributed by atoms with Crippen LogP contribution in [0.3, 0.4) is 0 Å². The Morgan fingerprint density at radius 1 is 1.00 bits per heavy atom. The molecule has 6 nitrogen and oxygen atoms in total. The average Bonchev–Trinajstić information content (AvgIpc) is 3.24. The van der Waals surface area contributed by atoms with Crippen LogP contribution in [0.5, 0.6) is 0 Å². The number of amides is 1. The first kappa shape index (κ1) is 19.2. The van der Waals surface area contributed by atoms with Gasteiger partial charge in [0.2, 0.25) is 0 Å². The first-order valence-electron chi connectivity index (χ1n) is 9.51. The van der Waals surface area contributed by atoms with Gasteiger partial charge in [-0.25, -0.2) is 0 Å². The lowest BCUT2D eigenvalue weighted by atomic mass is 10.1. The molecule has 3 aromatic carbocycles. The van der Waals surface area contributed by atoms with Crippen molar-refractivity contribution in [2.24, 2.45) is 0 Å². The van der Waals surface area contributed by atoms with E-state index in [1.165, 1.54) is 0 Å². The fourth-order valence-corrected chi connectivity index (χ4v) is 3.71. The molecule has 0 atom stereocenters. The van der Waals surface area contributed by atoms with E-state index in [4.69, 9.17) is 11.6 Å². The molecule has 0 radical (unpaired) electrons. The minimum absolute atomic E-state index is 0.231. The lowest BCUT2D eigenvalue weighted by Crippen LogP contribution is -2.41. The zero-order valence-corrected chi connectivity index (χ0v) is 16.5. The molecule has 29 heavy (non-hydrogen) atoms. The second-order valence-electron chi connectivity index (χ2n) is 7.09. The van der Waals surface area contributed by atoms with Gasteiger partial charge in [0.05, 0.1) is 0 Å². The summed E-state index contributed by atoms with van der Waals surface area (Å²) in [6, 6.07) is 14.0. The summed E-state index contributed by atoms with van der Waals surface area (Å²) >= 11 is 5.93. The molecule has 0 aliphatic carbocycles. The van der Waals surface area contributed by atoms with E-state index in [1.54, 1.807) is 36.4 Å². The highest BCUT2D eigenvalue weighted by molar-refractivity contribution is 6.30. The maximum Gasteiger partial charge on any atom is 0.255 e. The van der Waals surface area contributed by atoms with Crippen molar-refractivity contribution < 1.29 is 4.79 Å². The van der Waals surface area contributed by atoms with Crippen LogP contribution in [-0.4, -0.2) is 19.0 Å². The van der Waals surface area contributed by atoms with Crippen molar-refractivity contribution in [3.8, 4) is 0 Å². The standard InChI is InChI=1S/C22H20ClN3O3/c23-16-4-3-5-17(12-16)25-22(29)15-8-6-14(7-9-15)13-24-18-19(21(28)20(18)27)26-10-1-2-11-26/h3-9,12,24H,1-2,10-11,13H2,(H,25,29). The van der Waals surface area contributed by atoms with E-state index in [0.717, 1.165) is 31.5 Å².